The van der Waals surface area contributed by atoms with E-state index in [-0.39, 0.29) is 17.1 Å². The Kier molecular flexibility index (Phi) is 4.49. The van der Waals surface area contributed by atoms with E-state index in [0.717, 1.165) is 17.7 Å². The number of thioether (sulfide) groups is 1. The van der Waals surface area contributed by atoms with Gasteiger partial charge >= 0.3 is 0 Å². The fourth-order valence-electron chi connectivity index (χ4n) is 2.45. The van der Waals surface area contributed by atoms with Crippen LogP contribution in [-0.4, -0.2) is 24.6 Å². The van der Waals surface area contributed by atoms with Crippen molar-refractivity contribution in [1.82, 2.24) is 5.32 Å². The van der Waals surface area contributed by atoms with Crippen LogP contribution in [0.5, 0.6) is 0 Å². The molecule has 22 heavy (non-hydrogen) atoms. The number of rotatable bonds is 3. The number of anilines is 1. The minimum Gasteiger partial charge on any atom is -0.355 e. The van der Waals surface area contributed by atoms with Gasteiger partial charge in [0, 0.05) is 23.2 Å². The molecule has 114 valence electrons. The zero-order chi connectivity index (χ0) is 15.5. The molecule has 0 aliphatic carbocycles. The Bertz CT molecular complexity index is 712. The zero-order valence-electron chi connectivity index (χ0n) is 12.1. The molecular formula is C16H16N2O2S2. The van der Waals surface area contributed by atoms with Crippen molar-refractivity contribution in [2.75, 3.05) is 18.1 Å². The summed E-state index contributed by atoms with van der Waals surface area (Å²) in [5.41, 5.74) is 2.31. The lowest BCUT2D eigenvalue weighted by atomic mass is 10.1. The Hall–Kier alpha value is -1.79. The molecule has 4 nitrogen and oxygen atoms in total. The highest BCUT2D eigenvalue weighted by Gasteiger charge is 2.28. The SMILES string of the molecule is CNC(=O)c1cccc(NC(=O)[C@@H]2SCCc3sccc32)c1. The fraction of sp³-hybridized carbons (Fsp3) is 0.250. The van der Waals surface area contributed by atoms with Crippen molar-refractivity contribution in [3.63, 3.8) is 0 Å². The number of nitrogens with one attached hydrogen (secondary N) is 2. The Morgan fingerprint density at radius 1 is 1.27 bits per heavy atom. The van der Waals surface area contributed by atoms with Crippen LogP contribution < -0.4 is 10.6 Å². The lowest BCUT2D eigenvalue weighted by Gasteiger charge is -2.21. The Labute approximate surface area is 137 Å². The zero-order valence-corrected chi connectivity index (χ0v) is 13.7. The first-order valence-electron chi connectivity index (χ1n) is 7.00. The molecule has 2 N–H and O–H groups in total. The lowest BCUT2D eigenvalue weighted by Crippen LogP contribution is -2.22. The first-order chi connectivity index (χ1) is 10.7. The van der Waals surface area contributed by atoms with Gasteiger partial charge in [0.2, 0.25) is 5.91 Å². The summed E-state index contributed by atoms with van der Waals surface area (Å²) >= 11 is 3.38. The molecule has 0 saturated heterocycles. The summed E-state index contributed by atoms with van der Waals surface area (Å²) in [5.74, 6) is 0.769. The molecule has 1 aliphatic heterocycles. The fourth-order valence-corrected chi connectivity index (χ4v) is 4.75. The molecule has 1 aromatic heterocycles. The van der Waals surface area contributed by atoms with Crippen molar-refractivity contribution < 1.29 is 9.59 Å². The summed E-state index contributed by atoms with van der Waals surface area (Å²) in [6.07, 6.45) is 1.04. The van der Waals surface area contributed by atoms with Crippen LogP contribution in [0.25, 0.3) is 0 Å². The molecule has 1 atom stereocenters. The number of thiophene rings is 1. The van der Waals surface area contributed by atoms with Gasteiger partial charge in [0.05, 0.1) is 0 Å². The summed E-state index contributed by atoms with van der Waals surface area (Å²) in [4.78, 5) is 25.5. The van der Waals surface area contributed by atoms with Gasteiger partial charge in [-0.2, -0.15) is 0 Å². The molecule has 2 aromatic rings. The number of amides is 2. The van der Waals surface area contributed by atoms with Crippen molar-refractivity contribution in [2.45, 2.75) is 11.7 Å². The van der Waals surface area contributed by atoms with Crippen molar-refractivity contribution in [3.8, 4) is 0 Å². The third-order valence-corrected chi connectivity index (χ3v) is 5.77. The minimum atomic E-state index is -0.168. The van der Waals surface area contributed by atoms with Gasteiger partial charge < -0.3 is 10.6 Å². The largest absolute Gasteiger partial charge is 0.355 e. The summed E-state index contributed by atoms with van der Waals surface area (Å²) in [6, 6.07) is 9.02. The Morgan fingerprint density at radius 3 is 2.95 bits per heavy atom. The second-order valence-electron chi connectivity index (χ2n) is 4.95. The molecule has 0 unspecified atom stereocenters. The Morgan fingerprint density at radius 2 is 2.14 bits per heavy atom. The van der Waals surface area contributed by atoms with Crippen LogP contribution in [0.1, 0.15) is 26.0 Å². The van der Waals surface area contributed by atoms with Gasteiger partial charge in [-0.15, -0.1) is 23.1 Å². The summed E-state index contributed by atoms with van der Waals surface area (Å²) in [7, 11) is 1.59. The number of aryl methyl sites for hydroxylation is 1. The van der Waals surface area contributed by atoms with Crippen LogP contribution >= 0.6 is 23.1 Å². The summed E-state index contributed by atoms with van der Waals surface area (Å²) in [5, 5.41) is 7.38. The molecule has 2 amide bonds. The van der Waals surface area contributed by atoms with E-state index in [2.05, 4.69) is 10.6 Å². The van der Waals surface area contributed by atoms with Gasteiger partial charge in [-0.1, -0.05) is 6.07 Å². The molecule has 0 bridgehead atoms. The number of carbonyl (C=O) groups excluding carboxylic acids is 2. The monoisotopic (exact) mass is 332 g/mol. The Balaban J connectivity index is 1.77. The summed E-state index contributed by atoms with van der Waals surface area (Å²) < 4.78 is 0. The van der Waals surface area contributed by atoms with Crippen LogP contribution in [0, 0.1) is 0 Å². The first-order valence-corrected chi connectivity index (χ1v) is 8.93. The predicted molar refractivity (Wildman–Crippen MR) is 91.7 cm³/mol. The molecule has 0 saturated carbocycles. The first kappa shape index (κ1) is 15.1. The van der Waals surface area contributed by atoms with Gasteiger partial charge in [-0.05, 0) is 47.4 Å². The molecule has 6 heteroatoms. The maximum atomic E-state index is 12.6. The predicted octanol–water partition coefficient (Wildman–Crippen LogP) is 3.08. The van der Waals surface area contributed by atoms with Crippen LogP contribution in [-0.2, 0) is 11.2 Å². The maximum absolute atomic E-state index is 12.6. The highest BCUT2D eigenvalue weighted by Crippen LogP contribution is 2.39. The standard InChI is InChI=1S/C16H16N2O2S2/c1-17-15(19)10-3-2-4-11(9-10)18-16(20)14-12-5-7-21-13(12)6-8-22-14/h2-5,7,9,14H,6,8H2,1H3,(H,17,19)(H,18,20)/t14-/m1/s1. The third kappa shape index (κ3) is 3.03. The van der Waals surface area contributed by atoms with Crippen molar-refractivity contribution in [3.05, 3.63) is 51.7 Å². The minimum absolute atomic E-state index is 0.0293. The van der Waals surface area contributed by atoms with E-state index in [9.17, 15) is 9.59 Å². The van der Waals surface area contributed by atoms with Gasteiger partial charge in [0.15, 0.2) is 0 Å². The van der Waals surface area contributed by atoms with E-state index in [4.69, 9.17) is 0 Å². The van der Waals surface area contributed by atoms with Gasteiger partial charge in [-0.3, -0.25) is 9.59 Å². The lowest BCUT2D eigenvalue weighted by molar-refractivity contribution is -0.115. The second-order valence-corrected chi connectivity index (χ2v) is 7.16. The van der Waals surface area contributed by atoms with E-state index in [1.54, 1.807) is 54.4 Å². The molecular weight excluding hydrogens is 316 g/mol. The van der Waals surface area contributed by atoms with Crippen LogP contribution in [0.3, 0.4) is 0 Å². The smallest absolute Gasteiger partial charge is 0.251 e. The topological polar surface area (TPSA) is 58.2 Å². The van der Waals surface area contributed by atoms with E-state index in [1.807, 2.05) is 11.4 Å². The molecule has 0 radical (unpaired) electrons. The number of fused-ring (bicyclic) bond motifs is 1. The molecule has 3 rings (SSSR count). The quantitative estimate of drug-likeness (QED) is 0.908. The van der Waals surface area contributed by atoms with E-state index in [0.29, 0.717) is 11.3 Å². The van der Waals surface area contributed by atoms with E-state index >= 15 is 0 Å². The summed E-state index contributed by atoms with van der Waals surface area (Å²) in [6.45, 7) is 0. The molecule has 1 aliphatic rings. The normalized spacial score (nSPS) is 16.7. The molecule has 1 aromatic carbocycles. The number of hydrogen-bond acceptors (Lipinski definition) is 4. The van der Waals surface area contributed by atoms with Crippen LogP contribution in [0.4, 0.5) is 5.69 Å². The molecule has 0 fully saturated rings. The third-order valence-electron chi connectivity index (χ3n) is 3.53. The number of benzene rings is 1. The average Bonchev–Trinajstić information content (AvgIpc) is 3.02. The van der Waals surface area contributed by atoms with Gasteiger partial charge in [-0.25, -0.2) is 0 Å². The molecule has 2 heterocycles. The van der Waals surface area contributed by atoms with Crippen molar-refractivity contribution in [2.24, 2.45) is 0 Å². The second kappa shape index (κ2) is 6.54. The van der Waals surface area contributed by atoms with Crippen LogP contribution in [0.2, 0.25) is 0 Å². The number of hydrogen-bond donors (Lipinski definition) is 2. The van der Waals surface area contributed by atoms with Crippen LogP contribution in [0.15, 0.2) is 35.7 Å². The highest BCUT2D eigenvalue weighted by atomic mass is 32.2. The number of carbonyl (C=O) groups is 2. The van der Waals surface area contributed by atoms with Gasteiger partial charge in [0.1, 0.15) is 5.25 Å². The van der Waals surface area contributed by atoms with Crippen molar-refractivity contribution >= 4 is 40.6 Å². The van der Waals surface area contributed by atoms with E-state index < -0.39 is 0 Å². The van der Waals surface area contributed by atoms with Crippen molar-refractivity contribution in [1.29, 1.82) is 0 Å². The van der Waals surface area contributed by atoms with E-state index in [1.165, 1.54) is 4.88 Å². The highest BCUT2D eigenvalue weighted by molar-refractivity contribution is 8.00. The molecule has 0 spiro atoms. The van der Waals surface area contributed by atoms with Gasteiger partial charge in [0.25, 0.3) is 5.91 Å². The average molecular weight is 332 g/mol. The maximum Gasteiger partial charge on any atom is 0.251 e.